The number of nitrogens with zero attached hydrogens (tertiary/aromatic N) is 4. The molecule has 154 valence electrons. The molecule has 8 heteroatoms. The van der Waals surface area contributed by atoms with Gasteiger partial charge in [-0.3, -0.25) is 4.79 Å². The number of ketones is 1. The summed E-state index contributed by atoms with van der Waals surface area (Å²) in [4.78, 5) is 12.4. The standard InChI is InChI=1S/C22H23N5O3/c1-13-6-5-7-16(10-13)12-30-18-9-8-17(11-19(18)29-4)21-20(15(3)28)14(2)23-22-24-25-26-27(21)22/h5-11,21H,12H2,1-4H3,(H,23,24,26). The first-order chi connectivity index (χ1) is 14.5. The van der Waals surface area contributed by atoms with Gasteiger partial charge in [0.05, 0.1) is 7.11 Å². The van der Waals surface area contributed by atoms with Gasteiger partial charge in [0, 0.05) is 11.3 Å². The maximum atomic E-state index is 12.4. The fraction of sp³-hybridized carbons (Fsp3) is 0.273. The van der Waals surface area contributed by atoms with E-state index in [0.717, 1.165) is 16.8 Å². The zero-order valence-corrected chi connectivity index (χ0v) is 17.3. The lowest BCUT2D eigenvalue weighted by atomic mass is 9.93. The molecule has 2 aromatic carbocycles. The highest BCUT2D eigenvalue weighted by atomic mass is 16.5. The van der Waals surface area contributed by atoms with Crippen molar-refractivity contribution in [2.75, 3.05) is 12.4 Å². The second-order valence-electron chi connectivity index (χ2n) is 7.26. The number of anilines is 1. The van der Waals surface area contributed by atoms with Crippen LogP contribution in [-0.2, 0) is 11.4 Å². The molecule has 1 atom stereocenters. The Morgan fingerprint density at radius 1 is 1.17 bits per heavy atom. The Morgan fingerprint density at radius 2 is 2.00 bits per heavy atom. The molecular weight excluding hydrogens is 382 g/mol. The number of Topliss-reactive ketones (excluding diaryl/α,β-unsaturated/α-hetero) is 1. The van der Waals surface area contributed by atoms with Crippen LogP contribution in [0.2, 0.25) is 0 Å². The highest BCUT2D eigenvalue weighted by Crippen LogP contribution is 2.38. The van der Waals surface area contributed by atoms with E-state index in [2.05, 4.69) is 26.9 Å². The summed E-state index contributed by atoms with van der Waals surface area (Å²) in [5, 5.41) is 14.9. The topological polar surface area (TPSA) is 91.2 Å². The third-order valence-corrected chi connectivity index (χ3v) is 5.07. The van der Waals surface area contributed by atoms with Crippen molar-refractivity contribution in [1.82, 2.24) is 20.2 Å². The van der Waals surface area contributed by atoms with Crippen molar-refractivity contribution in [1.29, 1.82) is 0 Å². The molecule has 0 spiro atoms. The molecule has 1 aliphatic heterocycles. The summed E-state index contributed by atoms with van der Waals surface area (Å²) in [6.07, 6.45) is 0. The van der Waals surface area contributed by atoms with Gasteiger partial charge in [-0.25, -0.2) is 0 Å². The molecule has 0 fully saturated rings. The summed E-state index contributed by atoms with van der Waals surface area (Å²) in [5.74, 6) is 1.64. The molecule has 0 radical (unpaired) electrons. The lowest BCUT2D eigenvalue weighted by Gasteiger charge is -2.27. The van der Waals surface area contributed by atoms with E-state index in [1.165, 1.54) is 5.56 Å². The number of ether oxygens (including phenoxy) is 2. The van der Waals surface area contributed by atoms with E-state index in [1.807, 2.05) is 50.2 Å². The van der Waals surface area contributed by atoms with Gasteiger partial charge in [0.15, 0.2) is 17.3 Å². The Kier molecular flexibility index (Phi) is 5.22. The molecule has 30 heavy (non-hydrogen) atoms. The van der Waals surface area contributed by atoms with E-state index in [0.29, 0.717) is 29.6 Å². The minimum atomic E-state index is -0.450. The van der Waals surface area contributed by atoms with Crippen LogP contribution in [0.25, 0.3) is 0 Å². The molecule has 8 nitrogen and oxygen atoms in total. The number of nitrogens with one attached hydrogen (secondary N) is 1. The van der Waals surface area contributed by atoms with Crippen molar-refractivity contribution >= 4 is 11.7 Å². The first-order valence-corrected chi connectivity index (χ1v) is 9.61. The molecule has 2 heterocycles. The molecule has 3 aromatic rings. The molecule has 0 bridgehead atoms. The second-order valence-corrected chi connectivity index (χ2v) is 7.26. The first kappa shape index (κ1) is 19.6. The quantitative estimate of drug-likeness (QED) is 0.672. The molecule has 1 aromatic heterocycles. The Morgan fingerprint density at radius 3 is 2.73 bits per heavy atom. The van der Waals surface area contributed by atoms with Crippen LogP contribution in [0.4, 0.5) is 5.95 Å². The van der Waals surface area contributed by atoms with Gasteiger partial charge >= 0.3 is 0 Å². The third-order valence-electron chi connectivity index (χ3n) is 5.07. The fourth-order valence-electron chi connectivity index (χ4n) is 3.71. The van der Waals surface area contributed by atoms with E-state index in [4.69, 9.17) is 9.47 Å². The maximum Gasteiger partial charge on any atom is 0.248 e. The van der Waals surface area contributed by atoms with Gasteiger partial charge in [-0.2, -0.15) is 4.68 Å². The minimum Gasteiger partial charge on any atom is -0.493 e. The van der Waals surface area contributed by atoms with Crippen molar-refractivity contribution in [3.05, 3.63) is 70.4 Å². The summed E-state index contributed by atoms with van der Waals surface area (Å²) in [6.45, 7) is 5.87. The smallest absolute Gasteiger partial charge is 0.248 e. The van der Waals surface area contributed by atoms with Crippen LogP contribution in [0.1, 0.15) is 36.6 Å². The Balaban J connectivity index is 1.68. The first-order valence-electron chi connectivity index (χ1n) is 9.61. The van der Waals surface area contributed by atoms with Crippen LogP contribution >= 0.6 is 0 Å². The van der Waals surface area contributed by atoms with Gasteiger partial charge in [0.2, 0.25) is 5.95 Å². The van der Waals surface area contributed by atoms with Crippen LogP contribution in [0.5, 0.6) is 11.5 Å². The maximum absolute atomic E-state index is 12.4. The predicted molar refractivity (Wildman–Crippen MR) is 111 cm³/mol. The number of fused-ring (bicyclic) bond motifs is 1. The van der Waals surface area contributed by atoms with Crippen molar-refractivity contribution in [3.63, 3.8) is 0 Å². The predicted octanol–water partition coefficient (Wildman–Crippen LogP) is 3.45. The summed E-state index contributed by atoms with van der Waals surface area (Å²) in [7, 11) is 1.59. The van der Waals surface area contributed by atoms with Crippen LogP contribution in [0.3, 0.4) is 0 Å². The van der Waals surface area contributed by atoms with Gasteiger partial charge in [-0.15, -0.1) is 0 Å². The number of hydrogen-bond acceptors (Lipinski definition) is 7. The Bertz CT molecular complexity index is 1140. The zero-order valence-electron chi connectivity index (χ0n) is 17.3. The minimum absolute atomic E-state index is 0.0510. The average Bonchev–Trinajstić information content (AvgIpc) is 3.19. The lowest BCUT2D eigenvalue weighted by molar-refractivity contribution is -0.114. The van der Waals surface area contributed by atoms with E-state index in [-0.39, 0.29) is 5.78 Å². The highest BCUT2D eigenvalue weighted by molar-refractivity contribution is 5.96. The number of aryl methyl sites for hydroxylation is 1. The Hall–Kier alpha value is -3.68. The second kappa shape index (κ2) is 7.98. The number of benzene rings is 2. The number of tetrazole rings is 1. The molecule has 0 aliphatic carbocycles. The summed E-state index contributed by atoms with van der Waals surface area (Å²) < 4.78 is 13.2. The number of hydrogen-bond donors (Lipinski definition) is 1. The van der Waals surface area contributed by atoms with E-state index in [1.54, 1.807) is 18.7 Å². The number of carbonyl (C=O) groups excluding carboxylic acids is 1. The molecule has 1 aliphatic rings. The van der Waals surface area contributed by atoms with Crippen LogP contribution in [0, 0.1) is 6.92 Å². The average molecular weight is 405 g/mol. The molecule has 1 N–H and O–H groups in total. The number of aromatic nitrogens is 4. The van der Waals surface area contributed by atoms with Crippen molar-refractivity contribution in [2.24, 2.45) is 0 Å². The number of methoxy groups -OCH3 is 1. The molecular formula is C22H23N5O3. The molecule has 4 rings (SSSR count). The van der Waals surface area contributed by atoms with E-state index < -0.39 is 6.04 Å². The van der Waals surface area contributed by atoms with Crippen LogP contribution in [-0.4, -0.2) is 33.1 Å². The molecule has 0 saturated carbocycles. The summed E-state index contributed by atoms with van der Waals surface area (Å²) in [6, 6.07) is 13.3. The number of rotatable bonds is 6. The normalized spacial score (nSPS) is 15.4. The SMILES string of the molecule is COc1cc(C2C(C(C)=O)=C(C)Nc3nnnn32)ccc1OCc1cccc(C)c1. The summed E-state index contributed by atoms with van der Waals surface area (Å²) >= 11 is 0. The molecule has 0 saturated heterocycles. The molecule has 1 unspecified atom stereocenters. The van der Waals surface area contributed by atoms with Gasteiger partial charge in [-0.1, -0.05) is 41.0 Å². The summed E-state index contributed by atoms with van der Waals surface area (Å²) in [5.41, 5.74) is 4.42. The van der Waals surface area contributed by atoms with Gasteiger partial charge < -0.3 is 14.8 Å². The largest absolute Gasteiger partial charge is 0.493 e. The van der Waals surface area contributed by atoms with Gasteiger partial charge in [0.25, 0.3) is 0 Å². The molecule has 0 amide bonds. The van der Waals surface area contributed by atoms with E-state index in [9.17, 15) is 4.79 Å². The lowest BCUT2D eigenvalue weighted by Crippen LogP contribution is -2.27. The Labute approximate surface area is 174 Å². The van der Waals surface area contributed by atoms with Gasteiger partial charge in [0.1, 0.15) is 12.6 Å². The van der Waals surface area contributed by atoms with Crippen LogP contribution < -0.4 is 14.8 Å². The van der Waals surface area contributed by atoms with Gasteiger partial charge in [-0.05, 0) is 54.5 Å². The van der Waals surface area contributed by atoms with Crippen molar-refractivity contribution in [2.45, 2.75) is 33.4 Å². The van der Waals surface area contributed by atoms with Crippen molar-refractivity contribution in [3.8, 4) is 11.5 Å². The number of allylic oxidation sites excluding steroid dienone is 2. The highest BCUT2D eigenvalue weighted by Gasteiger charge is 2.32. The van der Waals surface area contributed by atoms with Crippen molar-refractivity contribution < 1.29 is 14.3 Å². The zero-order chi connectivity index (χ0) is 21.3. The monoisotopic (exact) mass is 405 g/mol. The van der Waals surface area contributed by atoms with E-state index >= 15 is 0 Å². The third kappa shape index (κ3) is 3.63. The fourth-order valence-corrected chi connectivity index (χ4v) is 3.71. The van der Waals surface area contributed by atoms with Crippen LogP contribution in [0.15, 0.2) is 53.7 Å². The number of carbonyl (C=O) groups is 1.